The minimum absolute atomic E-state index is 0.0405. The van der Waals surface area contributed by atoms with Crippen LogP contribution in [-0.4, -0.2) is 28.0 Å². The van der Waals surface area contributed by atoms with Crippen LogP contribution in [0.15, 0.2) is 12.1 Å². The molecule has 0 aromatic carbocycles. The van der Waals surface area contributed by atoms with E-state index in [1.165, 1.54) is 12.1 Å². The zero-order chi connectivity index (χ0) is 13.9. The highest BCUT2D eigenvalue weighted by molar-refractivity contribution is 5.94. The van der Waals surface area contributed by atoms with Crippen molar-refractivity contribution < 1.29 is 14.7 Å². The molecule has 0 radical (unpaired) electrons. The van der Waals surface area contributed by atoms with Gasteiger partial charge in [0.2, 0.25) is 0 Å². The molecule has 1 amide bonds. The topological polar surface area (TPSA) is 79.3 Å². The van der Waals surface area contributed by atoms with Gasteiger partial charge in [-0.15, -0.1) is 0 Å². The Hall–Kier alpha value is -1.91. The number of rotatable bonds is 4. The summed E-state index contributed by atoms with van der Waals surface area (Å²) < 4.78 is 0. The van der Waals surface area contributed by atoms with Gasteiger partial charge in [0.15, 0.2) is 0 Å². The highest BCUT2D eigenvalue weighted by Gasteiger charge is 2.16. The van der Waals surface area contributed by atoms with Gasteiger partial charge in [0, 0.05) is 6.04 Å². The molecular formula is C13H18N2O3. The monoisotopic (exact) mass is 250 g/mol. The average molecular weight is 250 g/mol. The van der Waals surface area contributed by atoms with Gasteiger partial charge in [-0.05, 0) is 31.9 Å². The van der Waals surface area contributed by atoms with Gasteiger partial charge in [-0.2, -0.15) is 0 Å². The van der Waals surface area contributed by atoms with Crippen LogP contribution in [0.5, 0.6) is 0 Å². The minimum atomic E-state index is -1.04. The molecule has 0 aliphatic carbocycles. The molecule has 0 saturated heterocycles. The Balaban J connectivity index is 2.88. The molecule has 0 aliphatic heterocycles. The molecule has 0 aliphatic rings. The van der Waals surface area contributed by atoms with E-state index in [-0.39, 0.29) is 23.2 Å². The lowest BCUT2D eigenvalue weighted by Crippen LogP contribution is -2.36. The predicted octanol–water partition coefficient (Wildman–Crippen LogP) is 1.86. The standard InChI is InChI=1S/C13H18N2O3/c1-7(2)8(3)15-12(16)11-6-5-10(13(17)18)9(4)14-11/h5-8H,1-4H3,(H,15,16)(H,17,18)/t8-/m0/s1. The number of pyridine rings is 1. The Morgan fingerprint density at radius 2 is 1.89 bits per heavy atom. The summed E-state index contributed by atoms with van der Waals surface area (Å²) in [7, 11) is 0. The second-order valence-electron chi connectivity index (χ2n) is 4.64. The van der Waals surface area contributed by atoms with E-state index in [9.17, 15) is 9.59 Å². The highest BCUT2D eigenvalue weighted by atomic mass is 16.4. The average Bonchev–Trinajstić information content (AvgIpc) is 2.27. The summed E-state index contributed by atoms with van der Waals surface area (Å²) in [6, 6.07) is 2.87. The number of aryl methyl sites for hydroxylation is 1. The first kappa shape index (κ1) is 14.2. The Labute approximate surface area is 106 Å². The summed E-state index contributed by atoms with van der Waals surface area (Å²) in [5.41, 5.74) is 0.695. The van der Waals surface area contributed by atoms with Crippen molar-refractivity contribution in [3.63, 3.8) is 0 Å². The summed E-state index contributed by atoms with van der Waals surface area (Å²) in [5.74, 6) is -0.993. The molecule has 5 heteroatoms. The molecule has 2 N–H and O–H groups in total. The van der Waals surface area contributed by atoms with E-state index in [0.29, 0.717) is 11.6 Å². The molecule has 0 spiro atoms. The van der Waals surface area contributed by atoms with Crippen molar-refractivity contribution in [3.05, 3.63) is 29.1 Å². The summed E-state index contributed by atoms with van der Waals surface area (Å²) in [5, 5.41) is 11.7. The zero-order valence-electron chi connectivity index (χ0n) is 11.0. The van der Waals surface area contributed by atoms with Gasteiger partial charge < -0.3 is 10.4 Å². The maximum absolute atomic E-state index is 11.9. The van der Waals surface area contributed by atoms with Gasteiger partial charge in [0.25, 0.3) is 5.91 Å². The third kappa shape index (κ3) is 3.29. The summed E-state index contributed by atoms with van der Waals surface area (Å²) in [4.78, 5) is 26.7. The molecule has 0 fully saturated rings. The van der Waals surface area contributed by atoms with Crippen LogP contribution in [-0.2, 0) is 0 Å². The molecule has 18 heavy (non-hydrogen) atoms. The number of carbonyl (C=O) groups excluding carboxylic acids is 1. The van der Waals surface area contributed by atoms with E-state index >= 15 is 0 Å². The number of carboxylic acid groups (broad SMARTS) is 1. The van der Waals surface area contributed by atoms with Gasteiger partial charge in [0.05, 0.1) is 11.3 Å². The Kier molecular flexibility index (Phi) is 4.42. The van der Waals surface area contributed by atoms with E-state index in [0.717, 1.165) is 0 Å². The van der Waals surface area contributed by atoms with Gasteiger partial charge >= 0.3 is 5.97 Å². The van der Waals surface area contributed by atoms with Crippen LogP contribution in [0.4, 0.5) is 0 Å². The van der Waals surface area contributed by atoms with Crippen molar-refractivity contribution in [1.29, 1.82) is 0 Å². The van der Waals surface area contributed by atoms with Crippen LogP contribution < -0.4 is 5.32 Å². The molecule has 98 valence electrons. The van der Waals surface area contributed by atoms with Crippen molar-refractivity contribution in [2.24, 2.45) is 5.92 Å². The molecule has 0 bridgehead atoms. The van der Waals surface area contributed by atoms with Crippen molar-refractivity contribution in [2.45, 2.75) is 33.7 Å². The number of carboxylic acids is 1. The van der Waals surface area contributed by atoms with Crippen LogP contribution in [0.25, 0.3) is 0 Å². The van der Waals surface area contributed by atoms with Crippen LogP contribution >= 0.6 is 0 Å². The molecular weight excluding hydrogens is 232 g/mol. The maximum Gasteiger partial charge on any atom is 0.337 e. The first-order chi connectivity index (χ1) is 8.32. The molecule has 1 atom stereocenters. The van der Waals surface area contributed by atoms with Gasteiger partial charge in [-0.1, -0.05) is 13.8 Å². The first-order valence-electron chi connectivity index (χ1n) is 5.84. The minimum Gasteiger partial charge on any atom is -0.478 e. The third-order valence-corrected chi connectivity index (χ3v) is 2.91. The van der Waals surface area contributed by atoms with Crippen molar-refractivity contribution in [2.75, 3.05) is 0 Å². The normalized spacial score (nSPS) is 12.3. The van der Waals surface area contributed by atoms with Crippen molar-refractivity contribution in [1.82, 2.24) is 10.3 Å². The molecule has 0 saturated carbocycles. The third-order valence-electron chi connectivity index (χ3n) is 2.91. The van der Waals surface area contributed by atoms with Gasteiger partial charge in [-0.3, -0.25) is 4.79 Å². The quantitative estimate of drug-likeness (QED) is 0.854. The van der Waals surface area contributed by atoms with Crippen LogP contribution in [0.2, 0.25) is 0 Å². The number of aromatic nitrogens is 1. The van der Waals surface area contributed by atoms with E-state index in [1.807, 2.05) is 20.8 Å². The largest absolute Gasteiger partial charge is 0.478 e. The van der Waals surface area contributed by atoms with E-state index in [4.69, 9.17) is 5.11 Å². The second kappa shape index (κ2) is 5.62. The fraction of sp³-hybridized carbons (Fsp3) is 0.462. The molecule has 1 rings (SSSR count). The number of carbonyl (C=O) groups is 2. The number of nitrogens with zero attached hydrogens (tertiary/aromatic N) is 1. The van der Waals surface area contributed by atoms with E-state index < -0.39 is 5.97 Å². The SMILES string of the molecule is Cc1nc(C(=O)N[C@@H](C)C(C)C)ccc1C(=O)O. The maximum atomic E-state index is 11.9. The fourth-order valence-electron chi connectivity index (χ4n) is 1.36. The summed E-state index contributed by atoms with van der Waals surface area (Å²) in [6.07, 6.45) is 0. The van der Waals surface area contributed by atoms with Crippen LogP contribution in [0.3, 0.4) is 0 Å². The lowest BCUT2D eigenvalue weighted by atomic mass is 10.1. The molecule has 5 nitrogen and oxygen atoms in total. The first-order valence-corrected chi connectivity index (χ1v) is 5.84. The summed E-state index contributed by atoms with van der Waals surface area (Å²) >= 11 is 0. The number of nitrogens with one attached hydrogen (secondary N) is 1. The predicted molar refractivity (Wildman–Crippen MR) is 67.7 cm³/mol. The number of hydrogen-bond acceptors (Lipinski definition) is 3. The van der Waals surface area contributed by atoms with Gasteiger partial charge in [0.1, 0.15) is 5.69 Å². The number of hydrogen-bond donors (Lipinski definition) is 2. The zero-order valence-corrected chi connectivity index (χ0v) is 11.0. The Morgan fingerprint density at radius 3 is 2.33 bits per heavy atom. The van der Waals surface area contributed by atoms with Crippen molar-refractivity contribution in [3.8, 4) is 0 Å². The fourth-order valence-corrected chi connectivity index (χ4v) is 1.36. The summed E-state index contributed by atoms with van der Waals surface area (Å²) in [6.45, 7) is 7.52. The van der Waals surface area contributed by atoms with E-state index in [1.54, 1.807) is 6.92 Å². The van der Waals surface area contributed by atoms with Crippen LogP contribution in [0, 0.1) is 12.8 Å². The lowest BCUT2D eigenvalue weighted by molar-refractivity contribution is 0.0694. The molecule has 1 aromatic heterocycles. The molecule has 1 heterocycles. The highest BCUT2D eigenvalue weighted by Crippen LogP contribution is 2.08. The number of aromatic carboxylic acids is 1. The smallest absolute Gasteiger partial charge is 0.337 e. The molecule has 1 aromatic rings. The molecule has 0 unspecified atom stereocenters. The van der Waals surface area contributed by atoms with Crippen LogP contribution in [0.1, 0.15) is 47.3 Å². The lowest BCUT2D eigenvalue weighted by Gasteiger charge is -2.17. The Morgan fingerprint density at radius 1 is 1.28 bits per heavy atom. The number of amides is 1. The van der Waals surface area contributed by atoms with E-state index in [2.05, 4.69) is 10.3 Å². The Bertz CT molecular complexity index is 469. The second-order valence-corrected chi connectivity index (χ2v) is 4.64. The van der Waals surface area contributed by atoms with Crippen molar-refractivity contribution >= 4 is 11.9 Å². The van der Waals surface area contributed by atoms with Gasteiger partial charge in [-0.25, -0.2) is 9.78 Å².